The van der Waals surface area contributed by atoms with Crippen LogP contribution in [0.1, 0.15) is 22.8 Å². The summed E-state index contributed by atoms with van der Waals surface area (Å²) in [5.74, 6) is 0.266. The van der Waals surface area contributed by atoms with Crippen LogP contribution in [0.25, 0.3) is 6.08 Å². The Morgan fingerprint density at radius 2 is 1.68 bits per heavy atom. The highest BCUT2D eigenvalue weighted by Crippen LogP contribution is 2.24. The van der Waals surface area contributed by atoms with Gasteiger partial charge in [-0.1, -0.05) is 18.2 Å². The van der Waals surface area contributed by atoms with Gasteiger partial charge in [0.25, 0.3) is 0 Å². The van der Waals surface area contributed by atoms with Gasteiger partial charge in [-0.15, -0.1) is 0 Å². The Labute approximate surface area is 163 Å². The van der Waals surface area contributed by atoms with Crippen molar-refractivity contribution in [1.29, 1.82) is 0 Å². The Morgan fingerprint density at radius 1 is 1.00 bits per heavy atom. The minimum atomic E-state index is -1.04. The highest BCUT2D eigenvalue weighted by molar-refractivity contribution is 6.07. The highest BCUT2D eigenvalue weighted by Gasteiger charge is 2.08. The molecular weight excluding hydrogens is 362 g/mol. The zero-order valence-electron chi connectivity index (χ0n) is 15.6. The topological polar surface area (TPSA) is 108 Å². The Balaban J connectivity index is 2.10. The molecule has 148 valence electrons. The highest BCUT2D eigenvalue weighted by atomic mass is 16.5. The number of hydrogen-bond acceptors (Lipinski definition) is 6. The first kappa shape index (κ1) is 21.0. The van der Waals surface area contributed by atoms with E-state index in [4.69, 9.17) is 25.1 Å². The van der Waals surface area contributed by atoms with Crippen molar-refractivity contribution >= 4 is 17.8 Å². The second kappa shape index (κ2) is 10.7. The van der Waals surface area contributed by atoms with Crippen molar-refractivity contribution in [3.05, 3.63) is 59.7 Å². The van der Waals surface area contributed by atoms with E-state index in [0.29, 0.717) is 42.6 Å². The van der Waals surface area contributed by atoms with Crippen LogP contribution in [0.3, 0.4) is 0 Å². The number of carboxylic acids is 1. The van der Waals surface area contributed by atoms with Crippen LogP contribution in [-0.4, -0.2) is 43.2 Å². The van der Waals surface area contributed by atoms with E-state index >= 15 is 0 Å². The van der Waals surface area contributed by atoms with Crippen LogP contribution in [0.15, 0.2) is 48.5 Å². The first-order valence-electron chi connectivity index (χ1n) is 8.79. The van der Waals surface area contributed by atoms with E-state index in [1.807, 2.05) is 6.92 Å². The average molecular weight is 385 g/mol. The minimum absolute atomic E-state index is 0.203. The van der Waals surface area contributed by atoms with Crippen molar-refractivity contribution in [1.82, 2.24) is 0 Å². The lowest BCUT2D eigenvalue weighted by atomic mass is 10.1. The summed E-state index contributed by atoms with van der Waals surface area (Å²) in [5, 5.41) is 8.61. The molecule has 0 unspecified atom stereocenters. The molecule has 0 aliphatic heterocycles. The Kier molecular flexibility index (Phi) is 8.05. The fourth-order valence-corrected chi connectivity index (χ4v) is 2.31. The number of benzene rings is 2. The fourth-order valence-electron chi connectivity index (χ4n) is 2.31. The Bertz CT molecular complexity index is 829. The molecule has 0 saturated carbocycles. The number of rotatable bonds is 11. The zero-order chi connectivity index (χ0) is 20.4. The molecule has 0 aliphatic rings. The molecule has 0 radical (unpaired) electrons. The maximum atomic E-state index is 12.5. The van der Waals surface area contributed by atoms with Gasteiger partial charge in [0.05, 0.1) is 6.61 Å². The molecule has 0 aliphatic carbocycles. The van der Waals surface area contributed by atoms with E-state index in [0.717, 1.165) is 5.56 Å². The number of carbonyl (C=O) groups excluding carboxylic acids is 1. The molecule has 3 N–H and O–H groups in total. The monoisotopic (exact) mass is 385 g/mol. The second-order valence-corrected chi connectivity index (χ2v) is 5.71. The fraction of sp³-hybridized carbons (Fsp3) is 0.238. The second-order valence-electron chi connectivity index (χ2n) is 5.71. The van der Waals surface area contributed by atoms with Gasteiger partial charge in [-0.05, 0) is 42.8 Å². The van der Waals surface area contributed by atoms with E-state index < -0.39 is 12.6 Å². The van der Waals surface area contributed by atoms with E-state index in [2.05, 4.69) is 0 Å². The lowest BCUT2D eigenvalue weighted by molar-refractivity contribution is -0.139. The van der Waals surface area contributed by atoms with Crippen molar-refractivity contribution in [3.8, 4) is 17.2 Å². The molecule has 7 heteroatoms. The normalized spacial score (nSPS) is 10.6. The smallest absolute Gasteiger partial charge is 0.341 e. The summed E-state index contributed by atoms with van der Waals surface area (Å²) >= 11 is 0. The van der Waals surface area contributed by atoms with Gasteiger partial charge in [0.15, 0.2) is 12.4 Å². The van der Waals surface area contributed by atoms with Gasteiger partial charge in [0.1, 0.15) is 23.9 Å². The van der Waals surface area contributed by atoms with Gasteiger partial charge < -0.3 is 25.1 Å². The van der Waals surface area contributed by atoms with Crippen LogP contribution in [0, 0.1) is 0 Å². The van der Waals surface area contributed by atoms with Crippen LogP contribution in [0.4, 0.5) is 0 Å². The van der Waals surface area contributed by atoms with E-state index in [-0.39, 0.29) is 5.78 Å². The molecule has 0 amide bonds. The summed E-state index contributed by atoms with van der Waals surface area (Å²) in [7, 11) is 0. The summed E-state index contributed by atoms with van der Waals surface area (Å²) < 4.78 is 16.1. The Hall–Kier alpha value is -3.32. The maximum absolute atomic E-state index is 12.5. The molecule has 2 rings (SSSR count). The molecule has 0 atom stereocenters. The lowest BCUT2D eigenvalue weighted by Gasteiger charge is -2.10. The van der Waals surface area contributed by atoms with Crippen LogP contribution >= 0.6 is 0 Å². The summed E-state index contributed by atoms with van der Waals surface area (Å²) in [6.45, 7) is 2.64. The molecule has 0 fully saturated rings. The minimum Gasteiger partial charge on any atom is -0.494 e. The molecule has 0 aromatic heterocycles. The van der Waals surface area contributed by atoms with Gasteiger partial charge in [-0.3, -0.25) is 4.79 Å². The zero-order valence-corrected chi connectivity index (χ0v) is 15.6. The summed E-state index contributed by atoms with van der Waals surface area (Å²) in [6.07, 6.45) is 3.11. The third-order valence-corrected chi connectivity index (χ3v) is 3.53. The van der Waals surface area contributed by atoms with E-state index in [1.54, 1.807) is 48.5 Å². The first-order valence-corrected chi connectivity index (χ1v) is 8.79. The van der Waals surface area contributed by atoms with Crippen molar-refractivity contribution in [3.63, 3.8) is 0 Å². The van der Waals surface area contributed by atoms with E-state index in [1.165, 1.54) is 6.08 Å². The van der Waals surface area contributed by atoms with Crippen LogP contribution < -0.4 is 19.9 Å². The van der Waals surface area contributed by atoms with Gasteiger partial charge in [-0.25, -0.2) is 4.79 Å². The quantitative estimate of drug-likeness (QED) is 0.452. The number of carbonyl (C=O) groups is 2. The number of ether oxygens (including phenoxy) is 3. The number of allylic oxidation sites excluding steroid dienone is 1. The van der Waals surface area contributed by atoms with Crippen molar-refractivity contribution < 1.29 is 28.9 Å². The van der Waals surface area contributed by atoms with Crippen LogP contribution in [-0.2, 0) is 4.79 Å². The van der Waals surface area contributed by atoms with Crippen molar-refractivity contribution in [2.75, 3.05) is 26.4 Å². The molecular formula is C21H23NO6. The van der Waals surface area contributed by atoms with Crippen LogP contribution in [0.5, 0.6) is 17.2 Å². The largest absolute Gasteiger partial charge is 0.494 e. The number of hydrogen-bond donors (Lipinski definition) is 2. The third-order valence-electron chi connectivity index (χ3n) is 3.53. The molecule has 2 aromatic carbocycles. The summed E-state index contributed by atoms with van der Waals surface area (Å²) in [6, 6.07) is 11.8. The SMILES string of the molecule is CCOc1cc(OCCN)cc(C(=O)/C=C/c2ccc(OCC(=O)O)cc2)c1. The number of nitrogens with two attached hydrogens (primary N) is 1. The molecule has 0 heterocycles. The molecule has 2 aromatic rings. The molecule has 28 heavy (non-hydrogen) atoms. The van der Waals surface area contributed by atoms with Crippen molar-refractivity contribution in [2.24, 2.45) is 5.73 Å². The number of aliphatic carboxylic acids is 1. The first-order chi connectivity index (χ1) is 13.5. The Morgan fingerprint density at radius 3 is 2.29 bits per heavy atom. The van der Waals surface area contributed by atoms with Gasteiger partial charge in [-0.2, -0.15) is 0 Å². The van der Waals surface area contributed by atoms with Gasteiger partial charge >= 0.3 is 5.97 Å². The van der Waals surface area contributed by atoms with Crippen LogP contribution in [0.2, 0.25) is 0 Å². The third kappa shape index (κ3) is 6.77. The van der Waals surface area contributed by atoms with Gasteiger partial charge in [0, 0.05) is 18.2 Å². The maximum Gasteiger partial charge on any atom is 0.341 e. The molecule has 7 nitrogen and oxygen atoms in total. The number of ketones is 1. The predicted molar refractivity (Wildman–Crippen MR) is 105 cm³/mol. The lowest BCUT2D eigenvalue weighted by Crippen LogP contribution is -2.11. The predicted octanol–water partition coefficient (Wildman–Crippen LogP) is 2.78. The standard InChI is InChI=1S/C21H23NO6/c1-2-26-18-11-16(12-19(13-18)27-10-9-22)20(23)8-5-15-3-6-17(7-4-15)28-14-21(24)25/h3-8,11-13H,2,9-10,14,22H2,1H3,(H,24,25)/b8-5+. The summed E-state index contributed by atoms with van der Waals surface area (Å²) in [5.41, 5.74) is 6.67. The molecule has 0 saturated heterocycles. The van der Waals surface area contributed by atoms with Crippen molar-refractivity contribution in [2.45, 2.75) is 6.92 Å². The average Bonchev–Trinajstić information content (AvgIpc) is 2.69. The number of carboxylic acid groups (broad SMARTS) is 1. The van der Waals surface area contributed by atoms with Gasteiger partial charge in [0.2, 0.25) is 0 Å². The molecule has 0 spiro atoms. The molecule has 0 bridgehead atoms. The van der Waals surface area contributed by atoms with E-state index in [9.17, 15) is 9.59 Å². The summed E-state index contributed by atoms with van der Waals surface area (Å²) in [4.78, 5) is 23.0.